The molecule has 0 spiro atoms. The fourth-order valence-electron chi connectivity index (χ4n) is 3.21. The number of hydrogen-bond acceptors (Lipinski definition) is 4. The summed E-state index contributed by atoms with van der Waals surface area (Å²) in [5, 5.41) is 22.0. The normalized spacial score (nSPS) is 15.4. The van der Waals surface area contributed by atoms with Crippen molar-refractivity contribution in [1.29, 1.82) is 0 Å². The first-order valence-electron chi connectivity index (χ1n) is 8.76. The number of aromatic hydroxyl groups is 1. The summed E-state index contributed by atoms with van der Waals surface area (Å²) in [7, 11) is 0. The molecule has 1 fully saturated rings. The van der Waals surface area contributed by atoms with Crippen LogP contribution in [0.4, 0.5) is 5.69 Å². The van der Waals surface area contributed by atoms with Crippen molar-refractivity contribution in [2.24, 2.45) is 5.92 Å². The number of carbonyl (C=O) groups is 2. The predicted octanol–water partition coefficient (Wildman–Crippen LogP) is 3.59. The number of phenols is 1. The number of benzene rings is 2. The average molecular weight is 389 g/mol. The van der Waals surface area contributed by atoms with Crippen LogP contribution < -0.4 is 5.32 Å². The Labute approximate surface area is 162 Å². The Morgan fingerprint density at radius 3 is 2.41 bits per heavy atom. The standard InChI is InChI=1S/C20H21ClN2O4/c21-16-5-6-18(24)17(11-16)22-19(25)14-7-9-23(10-8-14)12-13-1-3-15(4-2-13)20(26)27/h1-6,11,14,24H,7-10,12H2,(H,22,25)(H,26,27). The van der Waals surface area contributed by atoms with Crippen LogP contribution in [-0.2, 0) is 11.3 Å². The minimum Gasteiger partial charge on any atom is -0.506 e. The van der Waals surface area contributed by atoms with Gasteiger partial charge in [-0.1, -0.05) is 23.7 Å². The minimum atomic E-state index is -0.931. The Bertz CT molecular complexity index is 830. The lowest BCUT2D eigenvalue weighted by molar-refractivity contribution is -0.121. The highest BCUT2D eigenvalue weighted by Gasteiger charge is 2.25. The van der Waals surface area contributed by atoms with Crippen LogP contribution in [0, 0.1) is 5.92 Å². The largest absolute Gasteiger partial charge is 0.506 e. The summed E-state index contributed by atoms with van der Waals surface area (Å²) in [5.74, 6) is -1.17. The first kappa shape index (κ1) is 19.2. The molecule has 0 aliphatic carbocycles. The van der Waals surface area contributed by atoms with E-state index in [4.69, 9.17) is 16.7 Å². The van der Waals surface area contributed by atoms with Crippen molar-refractivity contribution in [2.75, 3.05) is 18.4 Å². The monoisotopic (exact) mass is 388 g/mol. The summed E-state index contributed by atoms with van der Waals surface area (Å²) in [6.07, 6.45) is 1.45. The second-order valence-electron chi connectivity index (χ2n) is 6.70. The van der Waals surface area contributed by atoms with Gasteiger partial charge in [0, 0.05) is 17.5 Å². The van der Waals surface area contributed by atoms with Crippen molar-refractivity contribution in [3.63, 3.8) is 0 Å². The number of rotatable bonds is 5. The molecule has 1 aliphatic heterocycles. The van der Waals surface area contributed by atoms with Gasteiger partial charge in [0.1, 0.15) is 5.75 Å². The number of carbonyl (C=O) groups excluding carboxylic acids is 1. The second-order valence-corrected chi connectivity index (χ2v) is 7.14. The third kappa shape index (κ3) is 4.99. The zero-order valence-corrected chi connectivity index (χ0v) is 15.4. The van der Waals surface area contributed by atoms with Crippen LogP contribution in [0.25, 0.3) is 0 Å². The molecule has 6 nitrogen and oxygen atoms in total. The minimum absolute atomic E-state index is 0.00464. The highest BCUT2D eigenvalue weighted by Crippen LogP contribution is 2.28. The molecule has 3 N–H and O–H groups in total. The van der Waals surface area contributed by atoms with Gasteiger partial charge in [0.15, 0.2) is 0 Å². The number of hydrogen-bond donors (Lipinski definition) is 3. The van der Waals surface area contributed by atoms with Crippen LogP contribution in [0.5, 0.6) is 5.75 Å². The Hall–Kier alpha value is -2.57. The van der Waals surface area contributed by atoms with Crippen molar-refractivity contribution in [2.45, 2.75) is 19.4 Å². The summed E-state index contributed by atoms with van der Waals surface area (Å²) >= 11 is 5.91. The van der Waals surface area contributed by atoms with Crippen LogP contribution in [0.15, 0.2) is 42.5 Å². The maximum Gasteiger partial charge on any atom is 0.335 e. The molecule has 27 heavy (non-hydrogen) atoms. The topological polar surface area (TPSA) is 89.9 Å². The molecular formula is C20H21ClN2O4. The van der Waals surface area contributed by atoms with Gasteiger partial charge < -0.3 is 15.5 Å². The average Bonchev–Trinajstić information content (AvgIpc) is 2.65. The SMILES string of the molecule is O=C(O)c1ccc(CN2CCC(C(=O)Nc3cc(Cl)ccc3O)CC2)cc1. The molecule has 2 aromatic carbocycles. The number of anilines is 1. The van der Waals surface area contributed by atoms with E-state index in [0.717, 1.165) is 38.0 Å². The predicted molar refractivity (Wildman–Crippen MR) is 103 cm³/mol. The van der Waals surface area contributed by atoms with Gasteiger partial charge in [0.25, 0.3) is 0 Å². The number of piperidine rings is 1. The van der Waals surface area contributed by atoms with Gasteiger partial charge in [-0.05, 0) is 61.8 Å². The number of phenolic OH excluding ortho intramolecular Hbond substituents is 1. The summed E-state index contributed by atoms with van der Waals surface area (Å²) < 4.78 is 0. The molecule has 0 atom stereocenters. The Morgan fingerprint density at radius 1 is 1.11 bits per heavy atom. The van der Waals surface area contributed by atoms with E-state index in [0.29, 0.717) is 10.7 Å². The number of carboxylic acids is 1. The van der Waals surface area contributed by atoms with Crippen LogP contribution >= 0.6 is 11.6 Å². The van der Waals surface area contributed by atoms with Gasteiger partial charge in [-0.15, -0.1) is 0 Å². The lowest BCUT2D eigenvalue weighted by Gasteiger charge is -2.31. The van der Waals surface area contributed by atoms with E-state index >= 15 is 0 Å². The van der Waals surface area contributed by atoms with Gasteiger partial charge >= 0.3 is 5.97 Å². The Morgan fingerprint density at radius 2 is 1.78 bits per heavy atom. The number of amides is 1. The van der Waals surface area contributed by atoms with Gasteiger partial charge in [-0.3, -0.25) is 9.69 Å². The Kier molecular flexibility index (Phi) is 5.98. The second kappa shape index (κ2) is 8.41. The summed E-state index contributed by atoms with van der Waals surface area (Å²) in [4.78, 5) is 25.6. The first-order valence-corrected chi connectivity index (χ1v) is 9.14. The van der Waals surface area contributed by atoms with E-state index in [9.17, 15) is 14.7 Å². The molecule has 7 heteroatoms. The number of nitrogens with one attached hydrogen (secondary N) is 1. The third-order valence-electron chi connectivity index (χ3n) is 4.78. The number of nitrogens with zero attached hydrogens (tertiary/aromatic N) is 1. The Balaban J connectivity index is 1.51. The van der Waals surface area contributed by atoms with E-state index < -0.39 is 5.97 Å². The maximum absolute atomic E-state index is 12.5. The zero-order chi connectivity index (χ0) is 19.4. The highest BCUT2D eigenvalue weighted by molar-refractivity contribution is 6.31. The molecule has 0 unspecified atom stereocenters. The van der Waals surface area contributed by atoms with E-state index in [2.05, 4.69) is 10.2 Å². The lowest BCUT2D eigenvalue weighted by Crippen LogP contribution is -2.37. The molecule has 1 saturated heterocycles. The highest BCUT2D eigenvalue weighted by atomic mass is 35.5. The molecule has 2 aromatic rings. The fraction of sp³-hybridized carbons (Fsp3) is 0.300. The number of carboxylic acid groups (broad SMARTS) is 1. The van der Waals surface area contributed by atoms with Crippen LogP contribution in [0.3, 0.4) is 0 Å². The molecule has 0 radical (unpaired) electrons. The fourth-order valence-corrected chi connectivity index (χ4v) is 3.38. The summed E-state index contributed by atoms with van der Waals surface area (Å²) in [6.45, 7) is 2.28. The van der Waals surface area contributed by atoms with E-state index in [1.165, 1.54) is 12.1 Å². The molecule has 0 saturated carbocycles. The molecule has 0 aromatic heterocycles. The van der Waals surface area contributed by atoms with E-state index in [1.807, 2.05) is 12.1 Å². The van der Waals surface area contributed by atoms with Gasteiger partial charge in [0.05, 0.1) is 11.3 Å². The zero-order valence-electron chi connectivity index (χ0n) is 14.7. The summed E-state index contributed by atoms with van der Waals surface area (Å²) in [5.41, 5.74) is 1.65. The third-order valence-corrected chi connectivity index (χ3v) is 5.02. The van der Waals surface area contributed by atoms with Crippen molar-refractivity contribution in [3.05, 3.63) is 58.6 Å². The van der Waals surface area contributed by atoms with Crippen molar-refractivity contribution in [1.82, 2.24) is 4.90 Å². The number of likely N-dealkylation sites (tertiary alicyclic amines) is 1. The molecule has 1 amide bonds. The molecule has 142 valence electrons. The lowest BCUT2D eigenvalue weighted by atomic mass is 9.95. The quantitative estimate of drug-likeness (QED) is 0.681. The summed E-state index contributed by atoms with van der Waals surface area (Å²) in [6, 6.07) is 11.4. The maximum atomic E-state index is 12.5. The van der Waals surface area contributed by atoms with Crippen LogP contribution in [0.1, 0.15) is 28.8 Å². The molecule has 0 bridgehead atoms. The van der Waals surface area contributed by atoms with E-state index in [-0.39, 0.29) is 23.1 Å². The first-order chi connectivity index (χ1) is 12.9. The van der Waals surface area contributed by atoms with E-state index in [1.54, 1.807) is 18.2 Å². The smallest absolute Gasteiger partial charge is 0.335 e. The number of halogens is 1. The molecular weight excluding hydrogens is 368 g/mol. The van der Waals surface area contributed by atoms with Crippen molar-refractivity contribution >= 4 is 29.2 Å². The van der Waals surface area contributed by atoms with Gasteiger partial charge in [-0.2, -0.15) is 0 Å². The van der Waals surface area contributed by atoms with Gasteiger partial charge in [0.2, 0.25) is 5.91 Å². The van der Waals surface area contributed by atoms with Crippen molar-refractivity contribution < 1.29 is 19.8 Å². The van der Waals surface area contributed by atoms with Crippen molar-refractivity contribution in [3.8, 4) is 5.75 Å². The number of aromatic carboxylic acids is 1. The molecule has 1 heterocycles. The molecule has 1 aliphatic rings. The van der Waals surface area contributed by atoms with Gasteiger partial charge in [-0.25, -0.2) is 4.79 Å². The van der Waals surface area contributed by atoms with Crippen LogP contribution in [-0.4, -0.2) is 40.1 Å². The van der Waals surface area contributed by atoms with Crippen LogP contribution in [0.2, 0.25) is 5.02 Å². The molecule has 3 rings (SSSR count).